The molecule has 0 saturated carbocycles. The van der Waals surface area contributed by atoms with Crippen LogP contribution in [-0.2, 0) is 19.6 Å². The highest BCUT2D eigenvalue weighted by Gasteiger charge is 2.11. The quantitative estimate of drug-likeness (QED) is 0.681. The van der Waals surface area contributed by atoms with Crippen molar-refractivity contribution < 1.29 is 4.42 Å². The Kier molecular flexibility index (Phi) is 4.48. The summed E-state index contributed by atoms with van der Waals surface area (Å²) < 4.78 is 5.71. The fourth-order valence-electron chi connectivity index (χ4n) is 2.32. The normalized spacial score (nSPS) is 11.1. The molecule has 3 aromatic heterocycles. The zero-order valence-corrected chi connectivity index (χ0v) is 12.8. The van der Waals surface area contributed by atoms with Crippen molar-refractivity contribution in [2.75, 3.05) is 0 Å². The van der Waals surface area contributed by atoms with Gasteiger partial charge in [0, 0.05) is 19.3 Å². The molecule has 3 aromatic rings. The minimum atomic E-state index is 0.792. The first-order chi connectivity index (χ1) is 10.3. The van der Waals surface area contributed by atoms with Crippen molar-refractivity contribution in [3.05, 3.63) is 76.1 Å². The first-order valence-corrected chi connectivity index (χ1v) is 7.92. The van der Waals surface area contributed by atoms with Crippen LogP contribution in [0.25, 0.3) is 0 Å². The van der Waals surface area contributed by atoms with Crippen LogP contribution in [0.2, 0.25) is 0 Å². The van der Waals surface area contributed by atoms with Gasteiger partial charge in [-0.2, -0.15) is 11.3 Å². The number of nitrogens with zero attached hydrogens (tertiary/aromatic N) is 2. The highest BCUT2D eigenvalue weighted by molar-refractivity contribution is 7.07. The third-order valence-electron chi connectivity index (χ3n) is 3.27. The van der Waals surface area contributed by atoms with E-state index in [1.165, 1.54) is 5.56 Å². The maximum atomic E-state index is 5.71. The first-order valence-electron chi connectivity index (χ1n) is 6.98. The number of rotatable bonds is 6. The molecule has 0 aliphatic carbocycles. The summed E-state index contributed by atoms with van der Waals surface area (Å²) in [7, 11) is 0. The summed E-state index contributed by atoms with van der Waals surface area (Å²) >= 11 is 1.73. The van der Waals surface area contributed by atoms with Crippen LogP contribution in [-0.4, -0.2) is 9.88 Å². The number of pyridine rings is 1. The Labute approximate surface area is 128 Å². The second-order valence-corrected chi connectivity index (χ2v) is 5.89. The van der Waals surface area contributed by atoms with Crippen LogP contribution in [0.5, 0.6) is 0 Å². The van der Waals surface area contributed by atoms with Gasteiger partial charge in [-0.3, -0.25) is 9.88 Å². The van der Waals surface area contributed by atoms with E-state index in [1.807, 2.05) is 37.4 Å². The second kappa shape index (κ2) is 6.70. The summed E-state index contributed by atoms with van der Waals surface area (Å²) in [5.41, 5.74) is 2.41. The smallest absolute Gasteiger partial charge is 0.118 e. The number of furan rings is 1. The van der Waals surface area contributed by atoms with Gasteiger partial charge in [0.25, 0.3) is 0 Å². The Morgan fingerprint density at radius 3 is 2.71 bits per heavy atom. The van der Waals surface area contributed by atoms with Crippen molar-refractivity contribution in [2.45, 2.75) is 26.6 Å². The van der Waals surface area contributed by atoms with E-state index in [-0.39, 0.29) is 0 Å². The average Bonchev–Trinajstić information content (AvgIpc) is 3.12. The fourth-order valence-corrected chi connectivity index (χ4v) is 2.98. The van der Waals surface area contributed by atoms with Crippen molar-refractivity contribution in [3.8, 4) is 0 Å². The Morgan fingerprint density at radius 1 is 1.10 bits per heavy atom. The van der Waals surface area contributed by atoms with Crippen molar-refractivity contribution >= 4 is 11.3 Å². The van der Waals surface area contributed by atoms with Gasteiger partial charge in [-0.05, 0) is 53.6 Å². The lowest BCUT2D eigenvalue weighted by Gasteiger charge is -2.20. The second-order valence-electron chi connectivity index (χ2n) is 5.11. The van der Waals surface area contributed by atoms with E-state index in [4.69, 9.17) is 4.42 Å². The van der Waals surface area contributed by atoms with E-state index in [0.29, 0.717) is 0 Å². The number of hydrogen-bond acceptors (Lipinski definition) is 4. The number of hydrogen-bond donors (Lipinski definition) is 0. The molecule has 3 rings (SSSR count). The lowest BCUT2D eigenvalue weighted by atomic mass is 10.2. The molecule has 3 heterocycles. The van der Waals surface area contributed by atoms with E-state index >= 15 is 0 Å². The molecule has 3 nitrogen and oxygen atoms in total. The third-order valence-corrected chi connectivity index (χ3v) is 4.01. The van der Waals surface area contributed by atoms with Crippen LogP contribution in [0.3, 0.4) is 0 Å². The lowest BCUT2D eigenvalue weighted by molar-refractivity contribution is 0.223. The molecule has 0 radical (unpaired) electrons. The standard InChI is InChI=1S/C17H18N2OS/c1-14-5-6-17(20-14)12-19(10-15-7-9-21-13-15)11-16-4-2-3-8-18-16/h2-9,13H,10-12H2,1H3. The molecule has 0 aromatic carbocycles. The van der Waals surface area contributed by atoms with Gasteiger partial charge in [-0.15, -0.1) is 0 Å². The van der Waals surface area contributed by atoms with E-state index in [0.717, 1.165) is 36.8 Å². The predicted octanol–water partition coefficient (Wildman–Crippen LogP) is 4.25. The van der Waals surface area contributed by atoms with E-state index in [1.54, 1.807) is 11.3 Å². The molecule has 0 unspecified atom stereocenters. The number of aryl methyl sites for hydroxylation is 1. The molecule has 4 heteroatoms. The van der Waals surface area contributed by atoms with E-state index in [9.17, 15) is 0 Å². The molecule has 0 atom stereocenters. The molecule has 0 fully saturated rings. The summed E-state index contributed by atoms with van der Waals surface area (Å²) in [5.74, 6) is 1.96. The molecular weight excluding hydrogens is 280 g/mol. The molecule has 21 heavy (non-hydrogen) atoms. The molecular formula is C17H18N2OS. The van der Waals surface area contributed by atoms with Crippen molar-refractivity contribution in [3.63, 3.8) is 0 Å². The molecule has 0 saturated heterocycles. The van der Waals surface area contributed by atoms with Crippen molar-refractivity contribution in [1.82, 2.24) is 9.88 Å². The van der Waals surface area contributed by atoms with Gasteiger partial charge in [0.15, 0.2) is 0 Å². The van der Waals surface area contributed by atoms with Crippen LogP contribution in [0, 0.1) is 6.92 Å². The zero-order chi connectivity index (χ0) is 14.5. The molecule has 108 valence electrons. The largest absolute Gasteiger partial charge is 0.465 e. The predicted molar refractivity (Wildman–Crippen MR) is 85.0 cm³/mol. The Morgan fingerprint density at radius 2 is 2.05 bits per heavy atom. The molecule has 0 N–H and O–H groups in total. The SMILES string of the molecule is Cc1ccc(CN(Cc2ccsc2)Cc2ccccn2)o1. The first kappa shape index (κ1) is 14.0. The van der Waals surface area contributed by atoms with Gasteiger partial charge in [-0.1, -0.05) is 6.07 Å². The monoisotopic (exact) mass is 298 g/mol. The fraction of sp³-hybridized carbons (Fsp3) is 0.235. The average molecular weight is 298 g/mol. The maximum absolute atomic E-state index is 5.71. The van der Waals surface area contributed by atoms with Crippen LogP contribution in [0.15, 0.2) is 57.8 Å². The topological polar surface area (TPSA) is 29.3 Å². The van der Waals surface area contributed by atoms with Gasteiger partial charge >= 0.3 is 0 Å². The van der Waals surface area contributed by atoms with Crippen LogP contribution in [0.4, 0.5) is 0 Å². The number of aromatic nitrogens is 1. The van der Waals surface area contributed by atoms with Gasteiger partial charge in [0.05, 0.1) is 12.2 Å². The van der Waals surface area contributed by atoms with Crippen LogP contribution in [0.1, 0.15) is 22.8 Å². The number of thiophene rings is 1. The Balaban J connectivity index is 1.73. The van der Waals surface area contributed by atoms with Gasteiger partial charge in [0.2, 0.25) is 0 Å². The molecule has 0 amide bonds. The van der Waals surface area contributed by atoms with Crippen LogP contribution < -0.4 is 0 Å². The maximum Gasteiger partial charge on any atom is 0.118 e. The van der Waals surface area contributed by atoms with Crippen molar-refractivity contribution in [1.29, 1.82) is 0 Å². The third kappa shape index (κ3) is 4.03. The van der Waals surface area contributed by atoms with Crippen LogP contribution >= 0.6 is 11.3 Å². The summed E-state index contributed by atoms with van der Waals surface area (Å²) in [6.45, 7) is 4.49. The minimum absolute atomic E-state index is 0.792. The zero-order valence-electron chi connectivity index (χ0n) is 12.0. The summed E-state index contributed by atoms with van der Waals surface area (Å²) in [4.78, 5) is 6.77. The molecule has 0 aliphatic rings. The molecule has 0 bridgehead atoms. The molecule has 0 spiro atoms. The van der Waals surface area contributed by atoms with E-state index in [2.05, 4.69) is 32.8 Å². The highest BCUT2D eigenvalue weighted by Crippen LogP contribution is 2.16. The summed E-state index contributed by atoms with van der Waals surface area (Å²) in [6.07, 6.45) is 1.84. The Bertz CT molecular complexity index is 661. The minimum Gasteiger partial charge on any atom is -0.465 e. The van der Waals surface area contributed by atoms with Crippen molar-refractivity contribution in [2.24, 2.45) is 0 Å². The summed E-state index contributed by atoms with van der Waals surface area (Å²) in [6, 6.07) is 12.3. The lowest BCUT2D eigenvalue weighted by Crippen LogP contribution is -2.22. The van der Waals surface area contributed by atoms with Gasteiger partial charge in [0.1, 0.15) is 11.5 Å². The Hall–Kier alpha value is -1.91. The molecule has 0 aliphatic heterocycles. The summed E-state index contributed by atoms with van der Waals surface area (Å²) in [5, 5.41) is 4.31. The van der Waals surface area contributed by atoms with E-state index < -0.39 is 0 Å². The highest BCUT2D eigenvalue weighted by atomic mass is 32.1. The van der Waals surface area contributed by atoms with Gasteiger partial charge < -0.3 is 4.42 Å². The van der Waals surface area contributed by atoms with Gasteiger partial charge in [-0.25, -0.2) is 0 Å².